The predicted octanol–water partition coefficient (Wildman–Crippen LogP) is 5.56. The molecule has 1 saturated carbocycles. The summed E-state index contributed by atoms with van der Waals surface area (Å²) in [6.45, 7) is 0.602. The fraction of sp³-hybridized carbons (Fsp3) is 0.269. The number of rotatable bonds is 9. The highest BCUT2D eigenvalue weighted by atomic mass is 19.1. The molecule has 3 nitrogen and oxygen atoms in total. The first-order valence-electron chi connectivity index (χ1n) is 10.6. The van der Waals surface area contributed by atoms with Crippen LogP contribution in [0.25, 0.3) is 0 Å². The summed E-state index contributed by atoms with van der Waals surface area (Å²) in [7, 11) is 0. The van der Waals surface area contributed by atoms with E-state index in [0.29, 0.717) is 13.0 Å². The Morgan fingerprint density at radius 2 is 1.77 bits per heavy atom. The van der Waals surface area contributed by atoms with Gasteiger partial charge in [-0.2, -0.15) is 0 Å². The molecule has 2 aromatic carbocycles. The first kappa shape index (κ1) is 21.0. The van der Waals surface area contributed by atoms with Crippen molar-refractivity contribution in [2.45, 2.75) is 31.1 Å². The average molecular weight is 421 g/mol. The number of amides is 1. The normalized spacial score (nSPS) is 17.0. The topological polar surface area (TPSA) is 42.2 Å². The Morgan fingerprint density at radius 1 is 1.06 bits per heavy atom. The van der Waals surface area contributed by atoms with Crippen LogP contribution in [0.4, 0.5) is 8.78 Å². The first-order chi connectivity index (χ1) is 15.1. The monoisotopic (exact) mass is 421 g/mol. The van der Waals surface area contributed by atoms with Gasteiger partial charge in [-0.25, -0.2) is 8.78 Å². The van der Waals surface area contributed by atoms with Crippen LogP contribution in [0.1, 0.15) is 36.0 Å². The summed E-state index contributed by atoms with van der Waals surface area (Å²) in [6, 6.07) is 14.8. The molecule has 0 bridgehead atoms. The van der Waals surface area contributed by atoms with E-state index in [1.54, 1.807) is 30.7 Å². The average Bonchev–Trinajstić information content (AvgIpc) is 3.27. The lowest BCUT2D eigenvalue weighted by Crippen LogP contribution is -2.22. The number of furan rings is 1. The molecule has 0 aliphatic heterocycles. The van der Waals surface area contributed by atoms with Crippen molar-refractivity contribution in [2.75, 3.05) is 6.54 Å². The summed E-state index contributed by atoms with van der Waals surface area (Å²) < 4.78 is 32.8. The van der Waals surface area contributed by atoms with Crippen LogP contribution in [0.3, 0.4) is 0 Å². The van der Waals surface area contributed by atoms with Gasteiger partial charge in [-0.3, -0.25) is 4.79 Å². The van der Waals surface area contributed by atoms with E-state index >= 15 is 0 Å². The zero-order valence-electron chi connectivity index (χ0n) is 17.2. The number of benzene rings is 2. The minimum atomic E-state index is -0.508. The standard InChI is InChI=1S/C26H25F2NO2/c27-23-8-3-6-20(15-23)26(21-7-4-9-24(28)16-21)17-22(26)10-11-25(30)29-13-2-1-5-19-12-14-31-18-19/h3-4,6-12,14-16,18,22H,1-2,5,13,17H2,(H,29,30)/t22-/m1/s1. The highest BCUT2D eigenvalue weighted by molar-refractivity contribution is 5.87. The number of hydrogen-bond acceptors (Lipinski definition) is 2. The maximum atomic E-state index is 13.9. The van der Waals surface area contributed by atoms with Crippen molar-refractivity contribution in [3.05, 3.63) is 108 Å². The number of hydrogen-bond donors (Lipinski definition) is 1. The third-order valence-electron chi connectivity index (χ3n) is 5.95. The SMILES string of the molecule is O=C(C=C[C@@H]1CC1(c1cccc(F)c1)c1cccc(F)c1)NCCCCc1ccoc1. The fourth-order valence-electron chi connectivity index (χ4n) is 4.25. The molecule has 4 rings (SSSR count). The summed E-state index contributed by atoms with van der Waals surface area (Å²) in [5, 5.41) is 2.90. The quantitative estimate of drug-likeness (QED) is 0.363. The van der Waals surface area contributed by atoms with Crippen LogP contribution in [0.15, 0.2) is 83.7 Å². The molecule has 0 spiro atoms. The van der Waals surface area contributed by atoms with Gasteiger partial charge in [0.2, 0.25) is 5.91 Å². The molecule has 1 amide bonds. The maximum Gasteiger partial charge on any atom is 0.243 e. The number of nitrogens with one attached hydrogen (secondary N) is 1. The second-order valence-corrected chi connectivity index (χ2v) is 8.04. The van der Waals surface area contributed by atoms with Crippen molar-refractivity contribution < 1.29 is 18.0 Å². The van der Waals surface area contributed by atoms with Gasteiger partial charge in [0, 0.05) is 12.0 Å². The van der Waals surface area contributed by atoms with Crippen LogP contribution in [-0.4, -0.2) is 12.5 Å². The molecule has 1 aliphatic carbocycles. The molecule has 1 aliphatic rings. The highest BCUT2D eigenvalue weighted by Crippen LogP contribution is 2.59. The molecular weight excluding hydrogens is 396 g/mol. The fourth-order valence-corrected chi connectivity index (χ4v) is 4.25. The van der Waals surface area contributed by atoms with Crippen LogP contribution >= 0.6 is 0 Å². The van der Waals surface area contributed by atoms with Crippen LogP contribution in [0.2, 0.25) is 0 Å². The molecule has 1 atom stereocenters. The predicted molar refractivity (Wildman–Crippen MR) is 115 cm³/mol. The zero-order valence-corrected chi connectivity index (χ0v) is 17.2. The molecule has 1 fully saturated rings. The van der Waals surface area contributed by atoms with Gasteiger partial charge in [0.05, 0.1) is 12.5 Å². The van der Waals surface area contributed by atoms with Gasteiger partial charge in [-0.15, -0.1) is 0 Å². The van der Waals surface area contributed by atoms with Gasteiger partial charge in [0.15, 0.2) is 0 Å². The van der Waals surface area contributed by atoms with E-state index in [2.05, 4.69) is 5.32 Å². The lowest BCUT2D eigenvalue weighted by atomic mass is 9.85. The Morgan fingerprint density at radius 3 is 2.39 bits per heavy atom. The van der Waals surface area contributed by atoms with Gasteiger partial charge < -0.3 is 9.73 Å². The van der Waals surface area contributed by atoms with Crippen LogP contribution in [-0.2, 0) is 16.6 Å². The summed E-state index contributed by atoms with van der Waals surface area (Å²) in [5.74, 6) is -0.794. The second-order valence-electron chi connectivity index (χ2n) is 8.04. The molecule has 0 saturated heterocycles. The molecular formula is C26H25F2NO2. The Kier molecular flexibility index (Phi) is 6.31. The molecule has 0 unspecified atom stereocenters. The van der Waals surface area contributed by atoms with Gasteiger partial charge in [0.1, 0.15) is 11.6 Å². The van der Waals surface area contributed by atoms with E-state index in [9.17, 15) is 13.6 Å². The van der Waals surface area contributed by atoms with Crippen molar-refractivity contribution in [1.82, 2.24) is 5.32 Å². The summed E-state index contributed by atoms with van der Waals surface area (Å²) in [4.78, 5) is 12.2. The first-order valence-corrected chi connectivity index (χ1v) is 10.6. The number of carbonyl (C=O) groups excluding carboxylic acids is 1. The molecule has 3 aromatic rings. The molecule has 160 valence electrons. The molecule has 1 aromatic heterocycles. The van der Waals surface area contributed by atoms with Crippen molar-refractivity contribution in [1.29, 1.82) is 0 Å². The molecule has 1 heterocycles. The zero-order chi connectivity index (χ0) is 21.7. The van der Waals surface area contributed by atoms with E-state index < -0.39 is 5.41 Å². The summed E-state index contributed by atoms with van der Waals surface area (Å²) >= 11 is 0. The van der Waals surface area contributed by atoms with E-state index in [4.69, 9.17) is 4.42 Å². The van der Waals surface area contributed by atoms with E-state index in [1.165, 1.54) is 24.3 Å². The molecule has 0 radical (unpaired) electrons. The number of aryl methyl sites for hydroxylation is 1. The number of allylic oxidation sites excluding steroid dienone is 1. The lowest BCUT2D eigenvalue weighted by molar-refractivity contribution is -0.116. The van der Waals surface area contributed by atoms with Crippen LogP contribution < -0.4 is 5.32 Å². The Balaban J connectivity index is 1.37. The smallest absolute Gasteiger partial charge is 0.243 e. The highest BCUT2D eigenvalue weighted by Gasteiger charge is 2.55. The molecule has 5 heteroatoms. The lowest BCUT2D eigenvalue weighted by Gasteiger charge is -2.18. The van der Waals surface area contributed by atoms with Gasteiger partial charge in [-0.05, 0) is 84.7 Å². The minimum absolute atomic E-state index is 0.00272. The van der Waals surface area contributed by atoms with Crippen molar-refractivity contribution in [3.63, 3.8) is 0 Å². The van der Waals surface area contributed by atoms with E-state index in [-0.39, 0.29) is 23.5 Å². The molecule has 31 heavy (non-hydrogen) atoms. The number of carbonyl (C=O) groups is 1. The molecule has 1 N–H and O–H groups in total. The van der Waals surface area contributed by atoms with Gasteiger partial charge in [0.25, 0.3) is 0 Å². The third-order valence-corrected chi connectivity index (χ3v) is 5.95. The van der Waals surface area contributed by atoms with Crippen LogP contribution in [0, 0.1) is 17.6 Å². The minimum Gasteiger partial charge on any atom is -0.472 e. The number of halogens is 2. The number of unbranched alkanes of at least 4 members (excludes halogenated alkanes) is 1. The van der Waals surface area contributed by atoms with Crippen molar-refractivity contribution in [2.24, 2.45) is 5.92 Å². The largest absolute Gasteiger partial charge is 0.472 e. The van der Waals surface area contributed by atoms with Gasteiger partial charge >= 0.3 is 0 Å². The van der Waals surface area contributed by atoms with E-state index in [0.717, 1.165) is 36.0 Å². The third kappa shape index (κ3) is 4.93. The Hall–Kier alpha value is -3.21. The van der Waals surface area contributed by atoms with Crippen molar-refractivity contribution in [3.8, 4) is 0 Å². The van der Waals surface area contributed by atoms with Crippen molar-refractivity contribution >= 4 is 5.91 Å². The van der Waals surface area contributed by atoms with E-state index in [1.807, 2.05) is 24.3 Å². The Labute approximate surface area is 180 Å². The Bertz CT molecular complexity index is 1010. The summed E-state index contributed by atoms with van der Waals surface area (Å²) in [5.41, 5.74) is 2.25. The van der Waals surface area contributed by atoms with Gasteiger partial charge in [-0.1, -0.05) is 30.3 Å². The van der Waals surface area contributed by atoms with Crippen LogP contribution in [0.5, 0.6) is 0 Å². The summed E-state index contributed by atoms with van der Waals surface area (Å²) in [6.07, 6.45) is 10.3. The maximum absolute atomic E-state index is 13.9. The second kappa shape index (κ2) is 9.29.